The van der Waals surface area contributed by atoms with Crippen LogP contribution in [0.25, 0.3) is 0 Å². The Labute approximate surface area is 66.9 Å². The van der Waals surface area contributed by atoms with Gasteiger partial charge >= 0.3 is 0 Å². The first kappa shape index (κ1) is 7.32. The number of allylic oxidation sites excluding steroid dienone is 1. The lowest BCUT2D eigenvalue weighted by molar-refractivity contribution is -0.0697. The molecular formula is C9H14O2. The van der Waals surface area contributed by atoms with Crippen molar-refractivity contribution in [1.29, 1.82) is 0 Å². The van der Waals surface area contributed by atoms with Crippen LogP contribution in [-0.2, 0) is 4.74 Å². The molecule has 2 heteroatoms. The van der Waals surface area contributed by atoms with Gasteiger partial charge in [-0.25, -0.2) is 0 Å². The maximum atomic E-state index is 9.18. The SMILES string of the molecule is CO[C@@]1(CO)C[C@@H]2C=C[C@H]1C2. The van der Waals surface area contributed by atoms with Crippen molar-refractivity contribution in [2.75, 3.05) is 13.7 Å². The lowest BCUT2D eigenvalue weighted by atomic mass is 9.89. The fraction of sp³-hybridized carbons (Fsp3) is 0.778. The van der Waals surface area contributed by atoms with Gasteiger partial charge in [-0.15, -0.1) is 0 Å². The minimum Gasteiger partial charge on any atom is -0.393 e. The second-order valence-electron chi connectivity index (χ2n) is 3.62. The van der Waals surface area contributed by atoms with Crippen LogP contribution in [0.4, 0.5) is 0 Å². The van der Waals surface area contributed by atoms with Crippen LogP contribution in [0.5, 0.6) is 0 Å². The molecule has 0 radical (unpaired) electrons. The predicted molar refractivity (Wildman–Crippen MR) is 42.2 cm³/mol. The van der Waals surface area contributed by atoms with E-state index in [0.29, 0.717) is 11.8 Å². The maximum Gasteiger partial charge on any atom is 0.0976 e. The molecule has 0 saturated heterocycles. The fourth-order valence-electron chi connectivity index (χ4n) is 2.39. The largest absolute Gasteiger partial charge is 0.393 e. The molecule has 2 rings (SSSR count). The highest BCUT2D eigenvalue weighted by atomic mass is 16.5. The molecule has 2 aliphatic rings. The minimum absolute atomic E-state index is 0.162. The number of fused-ring (bicyclic) bond motifs is 2. The topological polar surface area (TPSA) is 29.5 Å². The smallest absolute Gasteiger partial charge is 0.0976 e. The van der Waals surface area contributed by atoms with Crippen LogP contribution in [0.2, 0.25) is 0 Å². The lowest BCUT2D eigenvalue weighted by Gasteiger charge is -2.31. The lowest BCUT2D eigenvalue weighted by Crippen LogP contribution is -2.39. The summed E-state index contributed by atoms with van der Waals surface area (Å²) in [7, 11) is 1.70. The van der Waals surface area contributed by atoms with Crippen molar-refractivity contribution in [3.05, 3.63) is 12.2 Å². The van der Waals surface area contributed by atoms with Gasteiger partial charge in [0.05, 0.1) is 12.2 Å². The molecule has 0 heterocycles. The van der Waals surface area contributed by atoms with Crippen LogP contribution in [0.15, 0.2) is 12.2 Å². The van der Waals surface area contributed by atoms with Crippen molar-refractivity contribution in [2.24, 2.45) is 11.8 Å². The second-order valence-corrected chi connectivity index (χ2v) is 3.62. The Hall–Kier alpha value is -0.340. The Kier molecular flexibility index (Phi) is 1.55. The zero-order valence-electron chi connectivity index (χ0n) is 6.79. The Morgan fingerprint density at radius 3 is 2.73 bits per heavy atom. The third kappa shape index (κ3) is 0.861. The molecule has 0 aromatic heterocycles. The van der Waals surface area contributed by atoms with Gasteiger partial charge in [0, 0.05) is 13.0 Å². The van der Waals surface area contributed by atoms with E-state index in [2.05, 4.69) is 12.2 Å². The summed E-state index contributed by atoms with van der Waals surface area (Å²) in [6.45, 7) is 0.162. The molecule has 2 nitrogen and oxygen atoms in total. The summed E-state index contributed by atoms with van der Waals surface area (Å²) < 4.78 is 5.38. The van der Waals surface area contributed by atoms with Gasteiger partial charge in [0.15, 0.2) is 0 Å². The van der Waals surface area contributed by atoms with E-state index in [1.165, 1.54) is 6.42 Å². The monoisotopic (exact) mass is 154 g/mol. The molecule has 0 aliphatic heterocycles. The van der Waals surface area contributed by atoms with Gasteiger partial charge in [-0.3, -0.25) is 0 Å². The van der Waals surface area contributed by atoms with E-state index in [4.69, 9.17) is 4.74 Å². The fourth-order valence-corrected chi connectivity index (χ4v) is 2.39. The van der Waals surface area contributed by atoms with Crippen LogP contribution in [0.3, 0.4) is 0 Å². The quantitative estimate of drug-likeness (QED) is 0.600. The van der Waals surface area contributed by atoms with Gasteiger partial charge in [0.25, 0.3) is 0 Å². The number of hydrogen-bond acceptors (Lipinski definition) is 2. The van der Waals surface area contributed by atoms with Crippen molar-refractivity contribution >= 4 is 0 Å². The van der Waals surface area contributed by atoms with E-state index in [0.717, 1.165) is 6.42 Å². The molecule has 3 atom stereocenters. The summed E-state index contributed by atoms with van der Waals surface area (Å²) in [5, 5.41) is 9.18. The van der Waals surface area contributed by atoms with Gasteiger partial charge in [-0.05, 0) is 18.8 Å². The number of ether oxygens (including phenoxy) is 1. The van der Waals surface area contributed by atoms with Gasteiger partial charge < -0.3 is 9.84 Å². The first-order valence-corrected chi connectivity index (χ1v) is 4.15. The molecule has 0 spiro atoms. The summed E-state index contributed by atoms with van der Waals surface area (Å²) in [5.74, 6) is 1.12. The van der Waals surface area contributed by atoms with Crippen molar-refractivity contribution in [2.45, 2.75) is 18.4 Å². The molecular weight excluding hydrogens is 140 g/mol. The van der Waals surface area contributed by atoms with E-state index in [9.17, 15) is 5.11 Å². The summed E-state index contributed by atoms with van der Waals surface area (Å²) >= 11 is 0. The first-order chi connectivity index (χ1) is 5.30. The van der Waals surface area contributed by atoms with E-state index >= 15 is 0 Å². The molecule has 62 valence electrons. The van der Waals surface area contributed by atoms with Gasteiger partial charge in [-0.1, -0.05) is 12.2 Å². The van der Waals surface area contributed by atoms with Crippen molar-refractivity contribution in [3.63, 3.8) is 0 Å². The number of methoxy groups -OCH3 is 1. The Balaban J connectivity index is 2.21. The van der Waals surface area contributed by atoms with Crippen LogP contribution in [0, 0.1) is 11.8 Å². The second kappa shape index (κ2) is 2.32. The van der Waals surface area contributed by atoms with Gasteiger partial charge in [-0.2, -0.15) is 0 Å². The highest BCUT2D eigenvalue weighted by Crippen LogP contribution is 2.47. The number of aliphatic hydroxyl groups is 1. The number of hydrogen-bond donors (Lipinski definition) is 1. The average molecular weight is 154 g/mol. The maximum absolute atomic E-state index is 9.18. The molecule has 11 heavy (non-hydrogen) atoms. The van der Waals surface area contributed by atoms with E-state index in [-0.39, 0.29) is 12.2 Å². The van der Waals surface area contributed by atoms with Crippen molar-refractivity contribution in [1.82, 2.24) is 0 Å². The van der Waals surface area contributed by atoms with E-state index in [1.54, 1.807) is 7.11 Å². The summed E-state index contributed by atoms with van der Waals surface area (Å²) in [5.41, 5.74) is -0.237. The molecule has 0 amide bonds. The molecule has 0 unspecified atom stereocenters. The average Bonchev–Trinajstić information content (AvgIpc) is 2.62. The van der Waals surface area contributed by atoms with Crippen LogP contribution < -0.4 is 0 Å². The van der Waals surface area contributed by atoms with E-state index < -0.39 is 0 Å². The van der Waals surface area contributed by atoms with Gasteiger partial charge in [0.1, 0.15) is 0 Å². The number of rotatable bonds is 2. The Bertz CT molecular complexity index is 182. The summed E-state index contributed by atoms with van der Waals surface area (Å²) in [6, 6.07) is 0. The molecule has 1 saturated carbocycles. The zero-order valence-corrected chi connectivity index (χ0v) is 6.79. The summed E-state index contributed by atoms with van der Waals surface area (Å²) in [6.07, 6.45) is 6.61. The Morgan fingerprint density at radius 2 is 2.45 bits per heavy atom. The molecule has 1 N–H and O–H groups in total. The van der Waals surface area contributed by atoms with Crippen LogP contribution in [-0.4, -0.2) is 24.4 Å². The van der Waals surface area contributed by atoms with E-state index in [1.807, 2.05) is 0 Å². The summed E-state index contributed by atoms with van der Waals surface area (Å²) in [4.78, 5) is 0. The number of aliphatic hydroxyl groups excluding tert-OH is 1. The molecule has 1 fully saturated rings. The molecule has 2 aliphatic carbocycles. The van der Waals surface area contributed by atoms with Crippen LogP contribution >= 0.6 is 0 Å². The predicted octanol–water partition coefficient (Wildman–Crippen LogP) is 0.960. The zero-order chi connectivity index (χ0) is 7.90. The van der Waals surface area contributed by atoms with Crippen LogP contribution in [0.1, 0.15) is 12.8 Å². The highest BCUT2D eigenvalue weighted by molar-refractivity contribution is 5.17. The highest BCUT2D eigenvalue weighted by Gasteiger charge is 2.48. The standard InChI is InChI=1S/C9H14O2/c1-11-9(6-10)5-7-2-3-8(9)4-7/h2-3,7-8,10H,4-6H2,1H3/t7-,8+,9-/m1/s1. The van der Waals surface area contributed by atoms with Gasteiger partial charge in [0.2, 0.25) is 0 Å². The molecule has 2 bridgehead atoms. The molecule has 0 aromatic rings. The Morgan fingerprint density at radius 1 is 1.64 bits per heavy atom. The normalized spacial score (nSPS) is 47.1. The first-order valence-electron chi connectivity index (χ1n) is 4.15. The van der Waals surface area contributed by atoms with Crippen molar-refractivity contribution in [3.8, 4) is 0 Å². The third-order valence-corrected chi connectivity index (χ3v) is 3.13. The third-order valence-electron chi connectivity index (χ3n) is 3.13. The molecule has 0 aromatic carbocycles. The minimum atomic E-state index is -0.237. The van der Waals surface area contributed by atoms with Crippen molar-refractivity contribution < 1.29 is 9.84 Å².